The van der Waals surface area contributed by atoms with Crippen molar-refractivity contribution in [2.24, 2.45) is 0 Å². The van der Waals surface area contributed by atoms with Gasteiger partial charge in [0.15, 0.2) is 6.61 Å². The molecule has 2 aromatic carbocycles. The molecule has 0 fully saturated rings. The zero-order valence-corrected chi connectivity index (χ0v) is 14.7. The third kappa shape index (κ3) is 4.03. The lowest BCUT2D eigenvalue weighted by molar-refractivity contribution is -0.147. The molecule has 0 spiro atoms. The van der Waals surface area contributed by atoms with E-state index in [1.807, 2.05) is 37.3 Å². The number of nitrogens with zero attached hydrogens (tertiary/aromatic N) is 1. The van der Waals surface area contributed by atoms with Gasteiger partial charge in [0.2, 0.25) is 0 Å². The highest BCUT2D eigenvalue weighted by molar-refractivity contribution is 6.52. The molecule has 0 aromatic heterocycles. The molecule has 0 aliphatic carbocycles. The minimum absolute atomic E-state index is 0.234. The molecule has 2 aromatic rings. The Bertz CT molecular complexity index is 894. The number of hydrogen-bond donors (Lipinski definition) is 1. The molecule has 3 rings (SSSR count). The summed E-state index contributed by atoms with van der Waals surface area (Å²) < 4.78 is 4.94. The average molecular weight is 366 g/mol. The summed E-state index contributed by atoms with van der Waals surface area (Å²) >= 11 is 0. The van der Waals surface area contributed by atoms with Crippen LogP contribution in [0.4, 0.5) is 5.69 Å². The first-order chi connectivity index (χ1) is 13.0. The molecular weight excluding hydrogens is 348 g/mol. The SMILES string of the molecule is CC(NC(=O)COC(=O)CN1C(=O)C(=O)c2ccccc21)c1ccccc1. The number of ether oxygens (including phenoxy) is 1. The predicted molar refractivity (Wildman–Crippen MR) is 97.1 cm³/mol. The Morgan fingerprint density at radius 2 is 1.70 bits per heavy atom. The standard InChI is InChI=1S/C20H18N2O5/c1-13(14-7-3-2-4-8-14)21-17(23)12-27-18(24)11-22-16-10-6-5-9-15(16)19(25)20(22)26/h2-10,13H,11-12H2,1H3,(H,21,23). The first-order valence-electron chi connectivity index (χ1n) is 8.42. The van der Waals surface area contributed by atoms with Crippen molar-refractivity contribution in [2.45, 2.75) is 13.0 Å². The fourth-order valence-electron chi connectivity index (χ4n) is 2.83. The summed E-state index contributed by atoms with van der Waals surface area (Å²) in [5, 5.41) is 2.73. The highest BCUT2D eigenvalue weighted by Gasteiger charge is 2.36. The van der Waals surface area contributed by atoms with Crippen LogP contribution in [-0.4, -0.2) is 36.7 Å². The van der Waals surface area contributed by atoms with Gasteiger partial charge in [-0.15, -0.1) is 0 Å². The molecule has 0 radical (unpaired) electrons. The van der Waals surface area contributed by atoms with Gasteiger partial charge in [0.05, 0.1) is 17.3 Å². The molecule has 1 aliphatic rings. The predicted octanol–water partition coefficient (Wildman–Crippen LogP) is 1.64. The third-order valence-electron chi connectivity index (χ3n) is 4.21. The maximum Gasteiger partial charge on any atom is 0.326 e. The molecule has 1 aliphatic heterocycles. The van der Waals surface area contributed by atoms with Gasteiger partial charge in [0, 0.05) is 0 Å². The van der Waals surface area contributed by atoms with Crippen LogP contribution in [0.25, 0.3) is 0 Å². The van der Waals surface area contributed by atoms with Gasteiger partial charge >= 0.3 is 5.97 Å². The van der Waals surface area contributed by atoms with E-state index in [4.69, 9.17) is 4.74 Å². The van der Waals surface area contributed by atoms with Crippen molar-refractivity contribution >= 4 is 29.3 Å². The lowest BCUT2D eigenvalue weighted by Gasteiger charge is -2.16. The number of hydrogen-bond acceptors (Lipinski definition) is 5. The van der Waals surface area contributed by atoms with Crippen molar-refractivity contribution in [2.75, 3.05) is 18.1 Å². The minimum atomic E-state index is -0.782. The van der Waals surface area contributed by atoms with Gasteiger partial charge < -0.3 is 10.1 Å². The van der Waals surface area contributed by atoms with Crippen LogP contribution in [0.1, 0.15) is 28.9 Å². The topological polar surface area (TPSA) is 92.8 Å². The fourth-order valence-corrected chi connectivity index (χ4v) is 2.83. The van der Waals surface area contributed by atoms with Gasteiger partial charge in [-0.05, 0) is 24.6 Å². The van der Waals surface area contributed by atoms with E-state index in [2.05, 4.69) is 5.32 Å². The lowest BCUT2D eigenvalue weighted by Crippen LogP contribution is -2.37. The van der Waals surface area contributed by atoms with Gasteiger partial charge in [0.1, 0.15) is 6.54 Å². The smallest absolute Gasteiger partial charge is 0.326 e. The second-order valence-corrected chi connectivity index (χ2v) is 6.10. The van der Waals surface area contributed by atoms with Gasteiger partial charge in [-0.2, -0.15) is 0 Å². The van der Waals surface area contributed by atoms with Crippen molar-refractivity contribution < 1.29 is 23.9 Å². The van der Waals surface area contributed by atoms with Crippen LogP contribution in [0, 0.1) is 0 Å². The molecule has 1 heterocycles. The molecule has 1 unspecified atom stereocenters. The number of nitrogens with one attached hydrogen (secondary N) is 1. The molecule has 7 nitrogen and oxygen atoms in total. The Hall–Kier alpha value is -3.48. The number of amides is 2. The second kappa shape index (κ2) is 7.82. The Labute approximate surface area is 155 Å². The van der Waals surface area contributed by atoms with E-state index in [1.165, 1.54) is 6.07 Å². The summed E-state index contributed by atoms with van der Waals surface area (Å²) in [6.07, 6.45) is 0. The van der Waals surface area contributed by atoms with E-state index in [0.29, 0.717) is 5.69 Å². The van der Waals surface area contributed by atoms with Gasteiger partial charge in [-0.25, -0.2) is 0 Å². The van der Waals surface area contributed by atoms with Crippen LogP contribution in [0.2, 0.25) is 0 Å². The van der Waals surface area contributed by atoms with Crippen molar-refractivity contribution in [1.82, 2.24) is 5.32 Å². The van der Waals surface area contributed by atoms with Crippen molar-refractivity contribution in [3.05, 3.63) is 65.7 Å². The van der Waals surface area contributed by atoms with Crippen molar-refractivity contribution in [3.8, 4) is 0 Å². The van der Waals surface area contributed by atoms with E-state index in [-0.39, 0.29) is 11.6 Å². The van der Waals surface area contributed by atoms with E-state index >= 15 is 0 Å². The lowest BCUT2D eigenvalue weighted by atomic mass is 10.1. The Kier molecular flexibility index (Phi) is 5.30. The fraction of sp³-hybridized carbons (Fsp3) is 0.200. The van der Waals surface area contributed by atoms with Gasteiger partial charge in [0.25, 0.3) is 17.6 Å². The molecule has 27 heavy (non-hydrogen) atoms. The zero-order valence-electron chi connectivity index (χ0n) is 14.7. The van der Waals surface area contributed by atoms with Gasteiger partial charge in [-0.3, -0.25) is 24.1 Å². The van der Waals surface area contributed by atoms with Crippen LogP contribution in [0.3, 0.4) is 0 Å². The molecule has 0 saturated carbocycles. The normalized spacial score (nSPS) is 13.9. The van der Waals surface area contributed by atoms with E-state index in [1.54, 1.807) is 18.2 Å². The maximum atomic E-state index is 12.0. The molecule has 1 N–H and O–H groups in total. The number of para-hydroxylation sites is 1. The molecule has 1 atom stereocenters. The van der Waals surface area contributed by atoms with Crippen LogP contribution >= 0.6 is 0 Å². The quantitative estimate of drug-likeness (QED) is 0.620. The highest BCUT2D eigenvalue weighted by Crippen LogP contribution is 2.28. The van der Waals surface area contributed by atoms with E-state index in [0.717, 1.165) is 10.5 Å². The summed E-state index contributed by atoms with van der Waals surface area (Å²) in [7, 11) is 0. The largest absolute Gasteiger partial charge is 0.454 e. The number of anilines is 1. The zero-order chi connectivity index (χ0) is 19.4. The van der Waals surface area contributed by atoms with Crippen LogP contribution in [0.15, 0.2) is 54.6 Å². The summed E-state index contributed by atoms with van der Waals surface area (Å²) in [5.41, 5.74) is 1.55. The first kappa shape index (κ1) is 18.3. The molecule has 7 heteroatoms. The average Bonchev–Trinajstić information content (AvgIpc) is 2.92. The number of esters is 1. The summed E-state index contributed by atoms with van der Waals surface area (Å²) in [6.45, 7) is 0.928. The number of fused-ring (bicyclic) bond motifs is 1. The maximum absolute atomic E-state index is 12.0. The van der Waals surface area contributed by atoms with Crippen LogP contribution in [-0.2, 0) is 19.1 Å². The monoisotopic (exact) mass is 366 g/mol. The van der Waals surface area contributed by atoms with Crippen LogP contribution in [0.5, 0.6) is 0 Å². The number of Topliss-reactive ketones (excluding diaryl/α,β-unsaturated/α-hetero) is 1. The van der Waals surface area contributed by atoms with Gasteiger partial charge in [-0.1, -0.05) is 42.5 Å². The van der Waals surface area contributed by atoms with Crippen molar-refractivity contribution in [1.29, 1.82) is 0 Å². The summed E-state index contributed by atoms with van der Waals surface area (Å²) in [4.78, 5) is 49.0. The number of carbonyl (C=O) groups is 4. The molecular formula is C20H18N2O5. The number of carbonyl (C=O) groups excluding carboxylic acids is 4. The number of ketones is 1. The molecule has 0 saturated heterocycles. The summed E-state index contributed by atoms with van der Waals surface area (Å²) in [5.74, 6) is -2.66. The van der Waals surface area contributed by atoms with Crippen molar-refractivity contribution in [3.63, 3.8) is 0 Å². The minimum Gasteiger partial charge on any atom is -0.454 e. The highest BCUT2D eigenvalue weighted by atomic mass is 16.5. The molecule has 0 bridgehead atoms. The Balaban J connectivity index is 1.52. The second-order valence-electron chi connectivity index (χ2n) is 6.10. The third-order valence-corrected chi connectivity index (χ3v) is 4.21. The van der Waals surface area contributed by atoms with E-state index in [9.17, 15) is 19.2 Å². The molecule has 138 valence electrons. The number of benzene rings is 2. The Morgan fingerprint density at radius 1 is 1.04 bits per heavy atom. The summed E-state index contributed by atoms with van der Waals surface area (Å²) in [6, 6.07) is 15.6. The Morgan fingerprint density at radius 3 is 2.44 bits per heavy atom. The molecule has 2 amide bonds. The van der Waals surface area contributed by atoms with E-state index < -0.39 is 36.7 Å². The van der Waals surface area contributed by atoms with Crippen LogP contribution < -0.4 is 10.2 Å². The number of rotatable bonds is 6. The first-order valence-corrected chi connectivity index (χ1v) is 8.42.